The zero-order valence-corrected chi connectivity index (χ0v) is 13.4. The Morgan fingerprint density at radius 1 is 0.750 bits per heavy atom. The van der Waals surface area contributed by atoms with Gasteiger partial charge in [-0.05, 0) is 23.6 Å². The van der Waals surface area contributed by atoms with Crippen molar-refractivity contribution in [2.75, 3.05) is 0 Å². The number of nitrogens with zero attached hydrogens (tertiary/aromatic N) is 3. The Kier molecular flexibility index (Phi) is 2.84. The molecule has 3 nitrogen and oxygen atoms in total. The maximum absolute atomic E-state index is 6.23. The van der Waals surface area contributed by atoms with Crippen molar-refractivity contribution in [2.45, 2.75) is 0 Å². The lowest BCUT2D eigenvalue weighted by Gasteiger charge is -2.08. The standard InChI is InChI=1S/C20H12ClN3/c21-14-10-11-18-17(12-14)15-8-4-5-9-16(15)20-19(22-23-24(18)20)13-6-2-1-3-7-13/h1-12H. The lowest BCUT2D eigenvalue weighted by Crippen LogP contribution is -1.93. The van der Waals surface area contributed by atoms with E-state index in [1.54, 1.807) is 0 Å². The van der Waals surface area contributed by atoms with Gasteiger partial charge in [-0.1, -0.05) is 71.4 Å². The smallest absolute Gasteiger partial charge is 0.121 e. The molecule has 114 valence electrons. The summed E-state index contributed by atoms with van der Waals surface area (Å²) in [6.07, 6.45) is 0. The van der Waals surface area contributed by atoms with Gasteiger partial charge in [0.05, 0.1) is 5.52 Å². The van der Waals surface area contributed by atoms with Gasteiger partial charge in [-0.2, -0.15) is 0 Å². The molecule has 2 heterocycles. The molecule has 5 aromatic rings. The van der Waals surface area contributed by atoms with Gasteiger partial charge in [-0.3, -0.25) is 0 Å². The van der Waals surface area contributed by atoms with Gasteiger partial charge in [0.15, 0.2) is 0 Å². The molecule has 0 amide bonds. The number of halogens is 1. The lowest BCUT2D eigenvalue weighted by molar-refractivity contribution is 0.886. The summed E-state index contributed by atoms with van der Waals surface area (Å²) in [5.74, 6) is 0. The molecule has 0 saturated carbocycles. The Hall–Kier alpha value is -2.91. The molecule has 0 radical (unpaired) electrons. The van der Waals surface area contributed by atoms with E-state index in [0.717, 1.165) is 43.5 Å². The number of rotatable bonds is 1. The van der Waals surface area contributed by atoms with Crippen molar-refractivity contribution in [2.24, 2.45) is 0 Å². The average Bonchev–Trinajstić information content (AvgIpc) is 3.08. The first kappa shape index (κ1) is 13.5. The Morgan fingerprint density at radius 3 is 2.33 bits per heavy atom. The maximum atomic E-state index is 6.23. The lowest BCUT2D eigenvalue weighted by atomic mass is 10.0. The summed E-state index contributed by atoms with van der Waals surface area (Å²) in [4.78, 5) is 0. The van der Waals surface area contributed by atoms with Crippen molar-refractivity contribution in [3.8, 4) is 11.3 Å². The van der Waals surface area contributed by atoms with Crippen LogP contribution in [0.25, 0.3) is 38.4 Å². The van der Waals surface area contributed by atoms with Crippen molar-refractivity contribution in [3.63, 3.8) is 0 Å². The Bertz CT molecular complexity index is 1210. The Labute approximate surface area is 143 Å². The van der Waals surface area contributed by atoms with Gasteiger partial charge >= 0.3 is 0 Å². The molecule has 0 aliphatic carbocycles. The third-order valence-corrected chi connectivity index (χ3v) is 4.61. The van der Waals surface area contributed by atoms with Crippen LogP contribution in [-0.4, -0.2) is 14.8 Å². The summed E-state index contributed by atoms with van der Waals surface area (Å²) in [5, 5.41) is 13.0. The minimum atomic E-state index is 0.718. The van der Waals surface area contributed by atoms with Crippen LogP contribution in [-0.2, 0) is 0 Å². The van der Waals surface area contributed by atoms with Crippen LogP contribution in [0.4, 0.5) is 0 Å². The van der Waals surface area contributed by atoms with Crippen LogP contribution < -0.4 is 0 Å². The molecule has 2 aromatic heterocycles. The predicted molar refractivity (Wildman–Crippen MR) is 98.4 cm³/mol. The molecular weight excluding hydrogens is 318 g/mol. The van der Waals surface area contributed by atoms with Crippen molar-refractivity contribution in [3.05, 3.63) is 77.8 Å². The molecule has 0 bridgehead atoms. The van der Waals surface area contributed by atoms with Crippen LogP contribution >= 0.6 is 11.6 Å². The fraction of sp³-hybridized carbons (Fsp3) is 0. The summed E-state index contributed by atoms with van der Waals surface area (Å²) >= 11 is 6.23. The minimum absolute atomic E-state index is 0.718. The summed E-state index contributed by atoms with van der Waals surface area (Å²) in [6, 6.07) is 24.4. The summed E-state index contributed by atoms with van der Waals surface area (Å²) in [5.41, 5.74) is 3.98. The zero-order valence-electron chi connectivity index (χ0n) is 12.6. The van der Waals surface area contributed by atoms with E-state index in [1.807, 2.05) is 53.0 Å². The fourth-order valence-corrected chi connectivity index (χ4v) is 3.49. The molecule has 3 aromatic carbocycles. The topological polar surface area (TPSA) is 30.2 Å². The monoisotopic (exact) mass is 329 g/mol. The second kappa shape index (κ2) is 5.05. The Balaban J connectivity index is 2.04. The molecule has 0 unspecified atom stereocenters. The molecular formula is C20H12ClN3. The first-order chi connectivity index (χ1) is 11.8. The molecule has 0 fully saturated rings. The molecule has 24 heavy (non-hydrogen) atoms. The molecule has 0 aliphatic rings. The molecule has 4 heteroatoms. The highest BCUT2D eigenvalue weighted by atomic mass is 35.5. The second-order valence-electron chi connectivity index (χ2n) is 5.77. The van der Waals surface area contributed by atoms with E-state index >= 15 is 0 Å². The highest BCUT2D eigenvalue weighted by Crippen LogP contribution is 2.34. The predicted octanol–water partition coefficient (Wildman–Crippen LogP) is 5.36. The second-order valence-corrected chi connectivity index (χ2v) is 6.21. The molecule has 0 saturated heterocycles. The van der Waals surface area contributed by atoms with E-state index in [-0.39, 0.29) is 0 Å². The van der Waals surface area contributed by atoms with Gasteiger partial charge in [-0.15, -0.1) is 5.10 Å². The molecule has 0 aliphatic heterocycles. The maximum Gasteiger partial charge on any atom is 0.121 e. The Morgan fingerprint density at radius 2 is 1.50 bits per heavy atom. The fourth-order valence-electron chi connectivity index (χ4n) is 3.32. The number of aromatic nitrogens is 3. The van der Waals surface area contributed by atoms with Crippen LogP contribution in [0, 0.1) is 0 Å². The van der Waals surface area contributed by atoms with Crippen LogP contribution in [0.1, 0.15) is 0 Å². The van der Waals surface area contributed by atoms with E-state index in [1.165, 1.54) is 0 Å². The van der Waals surface area contributed by atoms with E-state index in [0.29, 0.717) is 0 Å². The van der Waals surface area contributed by atoms with Crippen molar-refractivity contribution in [1.82, 2.24) is 14.8 Å². The van der Waals surface area contributed by atoms with E-state index in [9.17, 15) is 0 Å². The zero-order chi connectivity index (χ0) is 16.1. The van der Waals surface area contributed by atoms with Crippen molar-refractivity contribution < 1.29 is 0 Å². The van der Waals surface area contributed by atoms with E-state index in [2.05, 4.69) is 34.6 Å². The van der Waals surface area contributed by atoms with Crippen LogP contribution in [0.15, 0.2) is 72.8 Å². The van der Waals surface area contributed by atoms with Crippen molar-refractivity contribution in [1.29, 1.82) is 0 Å². The summed E-state index contributed by atoms with van der Waals surface area (Å²) < 4.78 is 1.91. The van der Waals surface area contributed by atoms with Gasteiger partial charge < -0.3 is 0 Å². The average molecular weight is 330 g/mol. The molecule has 5 rings (SSSR count). The third kappa shape index (κ3) is 1.85. The van der Waals surface area contributed by atoms with Gasteiger partial charge in [0.1, 0.15) is 11.2 Å². The SMILES string of the molecule is Clc1ccc2c(c1)c1ccccc1c1c(-c3ccccc3)nnn21. The number of pyridine rings is 1. The number of hydrogen-bond acceptors (Lipinski definition) is 2. The van der Waals surface area contributed by atoms with Gasteiger partial charge in [0, 0.05) is 21.4 Å². The molecule has 0 spiro atoms. The number of hydrogen-bond donors (Lipinski definition) is 0. The minimum Gasteiger partial charge on any atom is -0.212 e. The van der Waals surface area contributed by atoms with E-state index in [4.69, 9.17) is 11.6 Å². The van der Waals surface area contributed by atoms with Gasteiger partial charge in [0.25, 0.3) is 0 Å². The summed E-state index contributed by atoms with van der Waals surface area (Å²) in [6.45, 7) is 0. The van der Waals surface area contributed by atoms with Crippen LogP contribution in [0.5, 0.6) is 0 Å². The molecule has 0 N–H and O–H groups in total. The first-order valence-electron chi connectivity index (χ1n) is 7.74. The number of fused-ring (bicyclic) bond motifs is 6. The quantitative estimate of drug-likeness (QED) is 0.388. The van der Waals surface area contributed by atoms with Crippen LogP contribution in [0.3, 0.4) is 0 Å². The third-order valence-electron chi connectivity index (χ3n) is 4.38. The highest BCUT2D eigenvalue weighted by molar-refractivity contribution is 6.32. The summed E-state index contributed by atoms with van der Waals surface area (Å²) in [7, 11) is 0. The highest BCUT2D eigenvalue weighted by Gasteiger charge is 2.15. The van der Waals surface area contributed by atoms with Crippen LogP contribution in [0.2, 0.25) is 5.02 Å². The normalized spacial score (nSPS) is 11.5. The molecule has 0 atom stereocenters. The number of benzene rings is 3. The van der Waals surface area contributed by atoms with Gasteiger partial charge in [-0.25, -0.2) is 4.52 Å². The van der Waals surface area contributed by atoms with E-state index < -0.39 is 0 Å². The van der Waals surface area contributed by atoms with Gasteiger partial charge in [0.2, 0.25) is 0 Å². The largest absolute Gasteiger partial charge is 0.212 e. The first-order valence-corrected chi connectivity index (χ1v) is 8.11. The van der Waals surface area contributed by atoms with Crippen molar-refractivity contribution >= 4 is 38.8 Å².